The second-order valence-corrected chi connectivity index (χ2v) is 10.6. The maximum atomic E-state index is 13.5. The monoisotopic (exact) mass is 453 g/mol. The second-order valence-electron chi connectivity index (χ2n) is 10.6. The summed E-state index contributed by atoms with van der Waals surface area (Å²) in [5, 5.41) is 23.8. The Morgan fingerprint density at radius 1 is 1.15 bits per heavy atom. The van der Waals surface area contributed by atoms with Crippen LogP contribution in [0.3, 0.4) is 0 Å². The molecule has 0 unspecified atom stereocenters. The topological polar surface area (TPSA) is 121 Å². The molecule has 0 radical (unpaired) electrons. The van der Waals surface area contributed by atoms with Gasteiger partial charge in [0.2, 0.25) is 0 Å². The summed E-state index contributed by atoms with van der Waals surface area (Å²) in [6.07, 6.45) is 8.96. The molecule has 5 fully saturated rings. The second kappa shape index (κ2) is 7.77. The highest BCUT2D eigenvalue weighted by Crippen LogP contribution is 2.57. The lowest BCUT2D eigenvalue weighted by atomic mass is 9.50. The fourth-order valence-electron chi connectivity index (χ4n) is 5.84. The van der Waals surface area contributed by atoms with Gasteiger partial charge < -0.3 is 20.4 Å². The first-order chi connectivity index (χ1) is 15.9. The molecule has 1 aliphatic heterocycles. The van der Waals surface area contributed by atoms with Crippen molar-refractivity contribution < 1.29 is 15.0 Å². The minimum Gasteiger partial charge on any atom is -0.505 e. The van der Waals surface area contributed by atoms with Crippen molar-refractivity contribution in [2.24, 2.45) is 5.92 Å². The number of piperidine rings is 1. The summed E-state index contributed by atoms with van der Waals surface area (Å²) < 4.78 is 1.49. The molecule has 176 valence electrons. The van der Waals surface area contributed by atoms with E-state index in [2.05, 4.69) is 20.2 Å². The van der Waals surface area contributed by atoms with E-state index in [4.69, 9.17) is 0 Å². The standard InChI is InChI=1S/C24H31N5O4/c30-16-4-6-28(7-5-16)8-9-29-21-19(26-17(13-25-21)15-2-1-3-15)20(31)18(23(29)33)22(32)27-24-10-14(11-24)12-24/h13-16,30-31H,1-12H2,(H,27,32). The zero-order valence-corrected chi connectivity index (χ0v) is 18.8. The number of rotatable bonds is 6. The number of carbonyl (C=O) groups is 1. The Bertz CT molecular complexity index is 1150. The number of pyridine rings is 1. The van der Waals surface area contributed by atoms with E-state index >= 15 is 0 Å². The van der Waals surface area contributed by atoms with Gasteiger partial charge in [-0.05, 0) is 50.9 Å². The molecule has 2 bridgehead atoms. The number of nitrogens with zero attached hydrogens (tertiary/aromatic N) is 4. The Balaban J connectivity index is 1.37. The number of fused-ring (bicyclic) bond motifs is 1. The van der Waals surface area contributed by atoms with Gasteiger partial charge >= 0.3 is 0 Å². The fourth-order valence-corrected chi connectivity index (χ4v) is 5.84. The van der Waals surface area contributed by atoms with Gasteiger partial charge in [-0.25, -0.2) is 9.97 Å². The van der Waals surface area contributed by atoms with E-state index in [1.165, 1.54) is 4.57 Å². The third kappa shape index (κ3) is 3.52. The van der Waals surface area contributed by atoms with E-state index in [-0.39, 0.29) is 28.5 Å². The highest BCUT2D eigenvalue weighted by atomic mass is 16.3. The van der Waals surface area contributed by atoms with Crippen LogP contribution in [0.5, 0.6) is 5.75 Å². The normalized spacial score (nSPS) is 27.6. The molecule has 9 nitrogen and oxygen atoms in total. The molecule has 33 heavy (non-hydrogen) atoms. The van der Waals surface area contributed by atoms with E-state index in [1.54, 1.807) is 6.20 Å². The van der Waals surface area contributed by atoms with Crippen LogP contribution in [-0.4, -0.2) is 66.8 Å². The van der Waals surface area contributed by atoms with Crippen LogP contribution in [0.4, 0.5) is 0 Å². The number of hydrogen-bond donors (Lipinski definition) is 3. The quantitative estimate of drug-likeness (QED) is 0.606. The van der Waals surface area contributed by atoms with Crippen molar-refractivity contribution in [3.05, 3.63) is 27.8 Å². The molecule has 3 heterocycles. The summed E-state index contributed by atoms with van der Waals surface area (Å²) in [5.41, 5.74) is 0.419. The SMILES string of the molecule is O=C(NC12CC(C1)C2)c1c(O)c2nc(C3CCC3)cnc2n(CCN2CCC(O)CC2)c1=O. The molecular formula is C24H31N5O4. The van der Waals surface area contributed by atoms with Gasteiger partial charge in [-0.15, -0.1) is 0 Å². The number of amides is 1. The van der Waals surface area contributed by atoms with E-state index in [1.807, 2.05) is 0 Å². The molecule has 0 atom stereocenters. The predicted octanol–water partition coefficient (Wildman–Crippen LogP) is 1.50. The summed E-state index contributed by atoms with van der Waals surface area (Å²) in [7, 11) is 0. The van der Waals surface area contributed by atoms with Gasteiger partial charge in [0.15, 0.2) is 11.4 Å². The van der Waals surface area contributed by atoms with Gasteiger partial charge in [-0.2, -0.15) is 0 Å². The van der Waals surface area contributed by atoms with Gasteiger partial charge in [0.1, 0.15) is 11.1 Å². The highest BCUT2D eigenvalue weighted by molar-refractivity contribution is 6.01. The van der Waals surface area contributed by atoms with Crippen molar-refractivity contribution in [2.75, 3.05) is 19.6 Å². The number of hydrogen-bond acceptors (Lipinski definition) is 7. The summed E-state index contributed by atoms with van der Waals surface area (Å²) in [4.78, 5) is 38.1. The van der Waals surface area contributed by atoms with Crippen LogP contribution in [0.1, 0.15) is 73.3 Å². The molecule has 3 N–H and O–H groups in total. The van der Waals surface area contributed by atoms with Crippen molar-refractivity contribution in [3.63, 3.8) is 0 Å². The van der Waals surface area contributed by atoms with Crippen LogP contribution in [0.2, 0.25) is 0 Å². The smallest absolute Gasteiger partial charge is 0.269 e. The lowest BCUT2D eigenvalue weighted by molar-refractivity contribution is -0.0439. The van der Waals surface area contributed by atoms with E-state index in [0.29, 0.717) is 43.4 Å². The first kappa shape index (κ1) is 21.0. The number of nitrogens with one attached hydrogen (secondary N) is 1. The van der Waals surface area contributed by atoms with Gasteiger partial charge in [0, 0.05) is 37.6 Å². The minimum atomic E-state index is -0.521. The van der Waals surface area contributed by atoms with Crippen LogP contribution in [0, 0.1) is 5.92 Å². The largest absolute Gasteiger partial charge is 0.505 e. The van der Waals surface area contributed by atoms with Crippen molar-refractivity contribution in [1.29, 1.82) is 0 Å². The first-order valence-corrected chi connectivity index (χ1v) is 12.3. The molecule has 7 rings (SSSR count). The van der Waals surface area contributed by atoms with Crippen molar-refractivity contribution in [3.8, 4) is 5.75 Å². The van der Waals surface area contributed by atoms with Gasteiger partial charge in [-0.3, -0.25) is 14.2 Å². The lowest BCUT2D eigenvalue weighted by Crippen LogP contribution is -2.68. The molecule has 4 saturated carbocycles. The summed E-state index contributed by atoms with van der Waals surface area (Å²) >= 11 is 0. The Morgan fingerprint density at radius 2 is 1.88 bits per heavy atom. The van der Waals surface area contributed by atoms with Crippen LogP contribution in [0.25, 0.3) is 11.2 Å². The van der Waals surface area contributed by atoms with Crippen molar-refractivity contribution in [2.45, 2.75) is 75.5 Å². The average Bonchev–Trinajstić information content (AvgIpc) is 2.70. The Labute approximate surface area is 191 Å². The Morgan fingerprint density at radius 3 is 2.48 bits per heavy atom. The number of aromatic nitrogens is 3. The molecule has 2 aromatic rings. The molecule has 4 aliphatic carbocycles. The molecule has 9 heteroatoms. The van der Waals surface area contributed by atoms with Crippen molar-refractivity contribution >= 4 is 17.1 Å². The fraction of sp³-hybridized carbons (Fsp3) is 0.667. The zero-order chi connectivity index (χ0) is 22.7. The molecule has 1 amide bonds. The summed E-state index contributed by atoms with van der Waals surface area (Å²) in [6.45, 7) is 2.48. The molecule has 2 aromatic heterocycles. The lowest BCUT2D eigenvalue weighted by Gasteiger charge is -2.61. The van der Waals surface area contributed by atoms with E-state index < -0.39 is 11.5 Å². The number of aliphatic hydroxyl groups is 1. The predicted molar refractivity (Wildman–Crippen MR) is 121 cm³/mol. The number of aromatic hydroxyl groups is 1. The first-order valence-electron chi connectivity index (χ1n) is 12.3. The van der Waals surface area contributed by atoms with Gasteiger partial charge in [0.05, 0.1) is 18.0 Å². The molecule has 0 aromatic carbocycles. The maximum Gasteiger partial charge on any atom is 0.269 e. The molecule has 0 spiro atoms. The Hall–Kier alpha value is -2.52. The molecule has 5 aliphatic rings. The number of aliphatic hydroxyl groups excluding tert-OH is 1. The molecular weight excluding hydrogens is 422 g/mol. The Kier molecular flexibility index (Phi) is 4.95. The number of carbonyl (C=O) groups excluding carboxylic acids is 1. The third-order valence-electron chi connectivity index (χ3n) is 8.31. The zero-order valence-electron chi connectivity index (χ0n) is 18.8. The van der Waals surface area contributed by atoms with Crippen LogP contribution < -0.4 is 10.9 Å². The van der Waals surface area contributed by atoms with Crippen LogP contribution in [0.15, 0.2) is 11.0 Å². The van der Waals surface area contributed by atoms with Crippen molar-refractivity contribution in [1.82, 2.24) is 24.8 Å². The van der Waals surface area contributed by atoms with Gasteiger partial charge in [-0.1, -0.05) is 6.42 Å². The summed E-state index contributed by atoms with van der Waals surface area (Å²) in [6, 6.07) is 0. The number of likely N-dealkylation sites (tertiary alicyclic amines) is 1. The third-order valence-corrected chi connectivity index (χ3v) is 8.31. The molecule has 1 saturated heterocycles. The average molecular weight is 454 g/mol. The van der Waals surface area contributed by atoms with Crippen LogP contribution >= 0.6 is 0 Å². The van der Waals surface area contributed by atoms with Gasteiger partial charge in [0.25, 0.3) is 11.5 Å². The minimum absolute atomic E-state index is 0.200. The van der Waals surface area contributed by atoms with E-state index in [9.17, 15) is 19.8 Å². The highest BCUT2D eigenvalue weighted by Gasteiger charge is 2.57. The van der Waals surface area contributed by atoms with Crippen LogP contribution in [-0.2, 0) is 6.54 Å². The maximum absolute atomic E-state index is 13.5. The summed E-state index contributed by atoms with van der Waals surface area (Å²) in [5.74, 6) is 0.138. The van der Waals surface area contributed by atoms with E-state index in [0.717, 1.165) is 57.3 Å².